The van der Waals surface area contributed by atoms with E-state index in [0.717, 1.165) is 10.6 Å². The second-order valence-corrected chi connectivity index (χ2v) is 6.50. The number of aromatic amines is 1. The van der Waals surface area contributed by atoms with Gasteiger partial charge in [-0.15, -0.1) is 11.8 Å². The molecule has 1 aliphatic heterocycles. The zero-order chi connectivity index (χ0) is 15.1. The van der Waals surface area contributed by atoms with Crippen LogP contribution in [0.15, 0.2) is 29.2 Å². The summed E-state index contributed by atoms with van der Waals surface area (Å²) in [4.78, 5) is 24.7. The number of hydrogen-bond donors (Lipinski definition) is 3. The van der Waals surface area contributed by atoms with Crippen LogP contribution in [-0.4, -0.2) is 27.8 Å². The molecule has 112 valence electrons. The molecule has 1 saturated carbocycles. The van der Waals surface area contributed by atoms with Gasteiger partial charge in [-0.05, 0) is 31.0 Å². The first-order valence-electron chi connectivity index (χ1n) is 7.12. The molecule has 3 N–H and O–H groups in total. The van der Waals surface area contributed by atoms with Crippen LogP contribution in [0.4, 0.5) is 11.5 Å². The van der Waals surface area contributed by atoms with Gasteiger partial charge < -0.3 is 10.6 Å². The number of hydrogen-bond acceptors (Lipinski definition) is 4. The smallest absolute Gasteiger partial charge is 0.256 e. The Morgan fingerprint density at radius 1 is 1.32 bits per heavy atom. The van der Waals surface area contributed by atoms with E-state index in [2.05, 4.69) is 20.8 Å². The third-order valence-corrected chi connectivity index (χ3v) is 4.80. The summed E-state index contributed by atoms with van der Waals surface area (Å²) in [7, 11) is 0. The van der Waals surface area contributed by atoms with Crippen molar-refractivity contribution < 1.29 is 9.59 Å². The van der Waals surface area contributed by atoms with E-state index in [0.29, 0.717) is 28.7 Å². The monoisotopic (exact) mass is 314 g/mol. The predicted molar refractivity (Wildman–Crippen MR) is 84.3 cm³/mol. The molecule has 6 nitrogen and oxygen atoms in total. The lowest BCUT2D eigenvalue weighted by Gasteiger charge is -2.16. The Balaban J connectivity index is 1.51. The first kappa shape index (κ1) is 13.4. The number of aromatic nitrogens is 2. The average molecular weight is 314 g/mol. The van der Waals surface area contributed by atoms with E-state index in [1.165, 1.54) is 24.6 Å². The van der Waals surface area contributed by atoms with Gasteiger partial charge in [-0.2, -0.15) is 5.10 Å². The zero-order valence-corrected chi connectivity index (χ0v) is 12.5. The zero-order valence-electron chi connectivity index (χ0n) is 11.7. The molecule has 0 bridgehead atoms. The lowest BCUT2D eigenvalue weighted by atomic mass is 10.2. The maximum atomic E-state index is 12.3. The lowest BCUT2D eigenvalue weighted by Crippen LogP contribution is -2.20. The number of nitrogens with one attached hydrogen (secondary N) is 3. The maximum Gasteiger partial charge on any atom is 0.256 e. The molecule has 0 atom stereocenters. The van der Waals surface area contributed by atoms with Gasteiger partial charge in [0.15, 0.2) is 5.82 Å². The Morgan fingerprint density at radius 3 is 3.00 bits per heavy atom. The van der Waals surface area contributed by atoms with Crippen molar-refractivity contribution in [3.63, 3.8) is 0 Å². The molecule has 1 aliphatic carbocycles. The quantitative estimate of drug-likeness (QED) is 0.812. The molecule has 7 heteroatoms. The highest BCUT2D eigenvalue weighted by molar-refractivity contribution is 8.00. The molecule has 2 heterocycles. The Kier molecular flexibility index (Phi) is 3.15. The molecule has 22 heavy (non-hydrogen) atoms. The van der Waals surface area contributed by atoms with Crippen molar-refractivity contribution in [2.45, 2.75) is 23.7 Å². The summed E-state index contributed by atoms with van der Waals surface area (Å²) in [5.74, 6) is 1.23. The predicted octanol–water partition coefficient (Wildman–Crippen LogP) is 2.58. The van der Waals surface area contributed by atoms with E-state index in [9.17, 15) is 9.59 Å². The van der Waals surface area contributed by atoms with Gasteiger partial charge in [-0.3, -0.25) is 14.7 Å². The Bertz CT molecular complexity index is 767. The summed E-state index contributed by atoms with van der Waals surface area (Å²) in [6, 6.07) is 7.19. The summed E-state index contributed by atoms with van der Waals surface area (Å²) in [5, 5.41) is 12.6. The highest BCUT2D eigenvalue weighted by Crippen LogP contribution is 2.39. The van der Waals surface area contributed by atoms with E-state index in [4.69, 9.17) is 0 Å². The molecular weight excluding hydrogens is 300 g/mol. The first-order valence-corrected chi connectivity index (χ1v) is 8.11. The third-order valence-electron chi connectivity index (χ3n) is 3.73. The van der Waals surface area contributed by atoms with E-state index in [1.807, 2.05) is 12.1 Å². The second-order valence-electron chi connectivity index (χ2n) is 5.48. The fourth-order valence-electron chi connectivity index (χ4n) is 2.42. The van der Waals surface area contributed by atoms with Crippen molar-refractivity contribution >= 4 is 35.1 Å². The van der Waals surface area contributed by atoms with Crippen LogP contribution in [0.5, 0.6) is 0 Å². The average Bonchev–Trinajstić information content (AvgIpc) is 3.27. The SMILES string of the molecule is O=C1CSc2ccc(C(=O)Nc3cc(C4CC4)[nH]n3)cc2N1. The van der Waals surface area contributed by atoms with Crippen LogP contribution in [0.2, 0.25) is 0 Å². The molecule has 2 amide bonds. The third kappa shape index (κ3) is 2.59. The maximum absolute atomic E-state index is 12.3. The minimum atomic E-state index is -0.235. The number of anilines is 2. The minimum Gasteiger partial charge on any atom is -0.324 e. The van der Waals surface area contributed by atoms with Crippen molar-refractivity contribution in [1.29, 1.82) is 0 Å². The largest absolute Gasteiger partial charge is 0.324 e. The van der Waals surface area contributed by atoms with Crippen molar-refractivity contribution in [3.05, 3.63) is 35.5 Å². The molecular formula is C15H14N4O2S. The number of carbonyl (C=O) groups excluding carboxylic acids is 2. The van der Waals surface area contributed by atoms with E-state index in [-0.39, 0.29) is 11.8 Å². The van der Waals surface area contributed by atoms with Gasteiger partial charge in [0, 0.05) is 28.1 Å². The first-order chi connectivity index (χ1) is 10.7. The van der Waals surface area contributed by atoms with Crippen LogP contribution >= 0.6 is 11.8 Å². The highest BCUT2D eigenvalue weighted by atomic mass is 32.2. The number of nitrogens with zero attached hydrogens (tertiary/aromatic N) is 1. The van der Waals surface area contributed by atoms with Crippen molar-refractivity contribution in [3.8, 4) is 0 Å². The standard InChI is InChI=1S/C15H14N4O2S/c20-14-7-22-12-4-3-9(5-11(12)16-14)15(21)17-13-6-10(18-19-13)8-1-2-8/h3-6,8H,1-2,7H2,(H,16,20)(H2,17,18,19,21). The fraction of sp³-hybridized carbons (Fsp3) is 0.267. The Hall–Kier alpha value is -2.28. The van der Waals surface area contributed by atoms with Crippen molar-refractivity contribution in [1.82, 2.24) is 10.2 Å². The van der Waals surface area contributed by atoms with Gasteiger partial charge in [-0.1, -0.05) is 0 Å². The molecule has 0 radical (unpaired) electrons. The molecule has 1 aromatic heterocycles. The topological polar surface area (TPSA) is 86.9 Å². The van der Waals surface area contributed by atoms with E-state index in [1.54, 1.807) is 12.1 Å². The van der Waals surface area contributed by atoms with Gasteiger partial charge in [0.25, 0.3) is 5.91 Å². The molecule has 2 aromatic rings. The molecule has 2 aliphatic rings. The minimum absolute atomic E-state index is 0.0450. The lowest BCUT2D eigenvalue weighted by molar-refractivity contribution is -0.113. The van der Waals surface area contributed by atoms with E-state index >= 15 is 0 Å². The number of fused-ring (bicyclic) bond motifs is 1. The highest BCUT2D eigenvalue weighted by Gasteiger charge is 2.26. The van der Waals surface area contributed by atoms with Gasteiger partial charge in [0.1, 0.15) is 0 Å². The number of thioether (sulfide) groups is 1. The van der Waals surface area contributed by atoms with Gasteiger partial charge in [0.05, 0.1) is 11.4 Å². The van der Waals surface area contributed by atoms with Crippen LogP contribution in [-0.2, 0) is 4.79 Å². The summed E-state index contributed by atoms with van der Waals surface area (Å²) in [5.41, 5.74) is 2.26. The molecule has 0 saturated heterocycles. The second kappa shape index (κ2) is 5.17. The molecule has 1 aromatic carbocycles. The normalized spacial score (nSPS) is 16.8. The van der Waals surface area contributed by atoms with Gasteiger partial charge in [0.2, 0.25) is 5.91 Å². The summed E-state index contributed by atoms with van der Waals surface area (Å²) in [6.45, 7) is 0. The molecule has 0 unspecified atom stereocenters. The summed E-state index contributed by atoms with van der Waals surface area (Å²) in [6.07, 6.45) is 2.36. The van der Waals surface area contributed by atoms with Gasteiger partial charge in [-0.25, -0.2) is 0 Å². The Morgan fingerprint density at radius 2 is 2.18 bits per heavy atom. The van der Waals surface area contributed by atoms with Crippen LogP contribution in [0.1, 0.15) is 34.8 Å². The van der Waals surface area contributed by atoms with E-state index < -0.39 is 0 Å². The number of carbonyl (C=O) groups is 2. The van der Waals surface area contributed by atoms with Crippen molar-refractivity contribution in [2.24, 2.45) is 0 Å². The number of H-pyrrole nitrogens is 1. The number of amides is 2. The molecule has 4 rings (SSSR count). The number of rotatable bonds is 3. The molecule has 1 fully saturated rings. The van der Waals surface area contributed by atoms with Crippen LogP contribution in [0.25, 0.3) is 0 Å². The summed E-state index contributed by atoms with van der Waals surface area (Å²) >= 11 is 1.47. The fourth-order valence-corrected chi connectivity index (χ4v) is 3.21. The van der Waals surface area contributed by atoms with Gasteiger partial charge >= 0.3 is 0 Å². The van der Waals surface area contributed by atoms with Crippen molar-refractivity contribution in [2.75, 3.05) is 16.4 Å². The van der Waals surface area contributed by atoms with Crippen LogP contribution < -0.4 is 10.6 Å². The Labute approximate surface area is 131 Å². The number of benzene rings is 1. The molecule has 0 spiro atoms. The summed E-state index contributed by atoms with van der Waals surface area (Å²) < 4.78 is 0. The van der Waals surface area contributed by atoms with Crippen LogP contribution in [0.3, 0.4) is 0 Å². The van der Waals surface area contributed by atoms with Crippen LogP contribution in [0, 0.1) is 0 Å².